The molecule has 0 radical (unpaired) electrons. The topological polar surface area (TPSA) is 228 Å². The van der Waals surface area contributed by atoms with Crippen molar-refractivity contribution in [1.82, 2.24) is 5.32 Å². The first-order chi connectivity index (χ1) is 38.1. The quantitative estimate of drug-likeness (QED) is 0.0259. The average molecular weight is 1120 g/mol. The number of hydrogen-bond acceptors (Lipinski definition) is 13. The fourth-order valence-electron chi connectivity index (χ4n) is 11.5. The van der Waals surface area contributed by atoms with E-state index in [0.717, 1.165) is 51.4 Å². The zero-order valence-electron chi connectivity index (χ0n) is 50.2. The van der Waals surface area contributed by atoms with Crippen LogP contribution >= 0.6 is 0 Å². The molecule has 2 aliphatic rings. The molecule has 464 valence electrons. The molecule has 2 rings (SSSR count). The van der Waals surface area contributed by atoms with Gasteiger partial charge < -0.3 is 65.1 Å². The Bertz CT molecular complexity index is 1310. The van der Waals surface area contributed by atoms with Gasteiger partial charge in [0.1, 0.15) is 48.8 Å². The lowest BCUT2D eigenvalue weighted by Crippen LogP contribution is -2.65. The summed E-state index contributed by atoms with van der Waals surface area (Å²) >= 11 is 0. The van der Waals surface area contributed by atoms with Crippen LogP contribution in [-0.2, 0) is 23.7 Å². The number of carbonyl (C=O) groups is 1. The maximum absolute atomic E-state index is 13.3. The van der Waals surface area contributed by atoms with Crippen LogP contribution in [-0.4, -0.2) is 140 Å². The molecule has 4 unspecified atom stereocenters. The minimum Gasteiger partial charge on any atom is -0.394 e. The van der Waals surface area contributed by atoms with Gasteiger partial charge in [-0.25, -0.2) is 0 Å². The molecule has 0 saturated carbocycles. The number of hydrogen-bond donors (Lipinski definition) is 9. The van der Waals surface area contributed by atoms with Gasteiger partial charge in [0.25, 0.3) is 0 Å². The van der Waals surface area contributed by atoms with Crippen LogP contribution in [0.4, 0.5) is 0 Å². The zero-order chi connectivity index (χ0) is 56.7. The van der Waals surface area contributed by atoms with E-state index in [2.05, 4.69) is 19.2 Å². The van der Waals surface area contributed by atoms with Gasteiger partial charge in [-0.3, -0.25) is 4.79 Å². The highest BCUT2D eigenvalue weighted by molar-refractivity contribution is 5.76. The van der Waals surface area contributed by atoms with E-state index < -0.39 is 86.8 Å². The molecule has 0 aromatic rings. The van der Waals surface area contributed by atoms with E-state index in [1.807, 2.05) is 0 Å². The van der Waals surface area contributed by atoms with Crippen molar-refractivity contribution in [3.63, 3.8) is 0 Å². The summed E-state index contributed by atoms with van der Waals surface area (Å²) in [6.07, 6.45) is 41.5. The van der Waals surface area contributed by atoms with Crippen molar-refractivity contribution < 1.29 is 64.6 Å². The molecule has 2 saturated heterocycles. The van der Waals surface area contributed by atoms with Gasteiger partial charge in [0.2, 0.25) is 5.91 Å². The van der Waals surface area contributed by atoms with Gasteiger partial charge in [0.05, 0.1) is 32.0 Å². The molecule has 0 bridgehead atoms. The van der Waals surface area contributed by atoms with Crippen molar-refractivity contribution in [3.8, 4) is 0 Å². The largest absolute Gasteiger partial charge is 0.394 e. The van der Waals surface area contributed by atoms with Crippen LogP contribution in [0.3, 0.4) is 0 Å². The predicted octanol–water partition coefficient (Wildman–Crippen LogP) is 12.5. The lowest BCUT2D eigenvalue weighted by Gasteiger charge is -2.46. The summed E-state index contributed by atoms with van der Waals surface area (Å²) < 4.78 is 22.8. The van der Waals surface area contributed by atoms with Crippen molar-refractivity contribution in [2.75, 3.05) is 19.8 Å². The number of amides is 1. The Hall–Kier alpha value is -1.01. The van der Waals surface area contributed by atoms with E-state index in [9.17, 15) is 45.6 Å². The van der Waals surface area contributed by atoms with E-state index in [1.165, 1.54) is 231 Å². The highest BCUT2D eigenvalue weighted by atomic mass is 16.7. The highest BCUT2D eigenvalue weighted by Crippen LogP contribution is 2.30. The Kier molecular flexibility index (Phi) is 47.3. The Morgan fingerprint density at radius 1 is 0.410 bits per heavy atom. The molecule has 0 aromatic heterocycles. The van der Waals surface area contributed by atoms with Crippen LogP contribution in [0.15, 0.2) is 0 Å². The molecule has 14 heteroatoms. The summed E-state index contributed by atoms with van der Waals surface area (Å²) in [5, 5.41) is 87.2. The van der Waals surface area contributed by atoms with Gasteiger partial charge in [-0.2, -0.15) is 0 Å². The van der Waals surface area contributed by atoms with Crippen LogP contribution in [0.5, 0.6) is 0 Å². The van der Waals surface area contributed by atoms with Crippen molar-refractivity contribution in [2.24, 2.45) is 0 Å². The minimum atomic E-state index is -1.78. The number of ether oxygens (including phenoxy) is 4. The zero-order valence-corrected chi connectivity index (χ0v) is 50.2. The van der Waals surface area contributed by atoms with Gasteiger partial charge in [-0.15, -0.1) is 0 Å². The average Bonchev–Trinajstić information content (AvgIpc) is 3.47. The van der Waals surface area contributed by atoms with Gasteiger partial charge in [0.15, 0.2) is 12.6 Å². The second kappa shape index (κ2) is 50.5. The molecule has 2 fully saturated rings. The second-order valence-electron chi connectivity index (χ2n) is 24.0. The number of carbonyl (C=O) groups excluding carboxylic acids is 1. The first kappa shape index (κ1) is 73.1. The molecule has 9 N–H and O–H groups in total. The first-order valence-electron chi connectivity index (χ1n) is 33.3. The number of aliphatic hydroxyl groups is 8. The number of rotatable bonds is 55. The normalized spacial score (nSPS) is 24.4. The minimum absolute atomic E-state index is 0.200. The lowest BCUT2D eigenvalue weighted by molar-refractivity contribution is -0.359. The predicted molar refractivity (Wildman–Crippen MR) is 314 cm³/mol. The van der Waals surface area contributed by atoms with Crippen molar-refractivity contribution >= 4 is 5.91 Å². The van der Waals surface area contributed by atoms with E-state index in [0.29, 0.717) is 12.8 Å². The maximum Gasteiger partial charge on any atom is 0.220 e. The fourth-order valence-corrected chi connectivity index (χ4v) is 11.5. The number of unbranched alkanes of at least 4 members (excludes halogenated alkanes) is 42. The molecule has 0 spiro atoms. The molecular formula is C64H125NO13. The third-order valence-corrected chi connectivity index (χ3v) is 16.8. The molecule has 0 aromatic carbocycles. The first-order valence-corrected chi connectivity index (χ1v) is 33.3. The smallest absolute Gasteiger partial charge is 0.220 e. The summed E-state index contributed by atoms with van der Waals surface area (Å²) in [6.45, 7) is 2.89. The van der Waals surface area contributed by atoms with E-state index >= 15 is 0 Å². The highest BCUT2D eigenvalue weighted by Gasteiger charge is 2.51. The standard InChI is InChI=1S/C64H125NO13/c1-3-5-7-9-11-13-15-16-17-18-19-20-21-22-23-24-25-26-27-28-29-30-31-32-33-34-35-36-38-40-42-44-46-48-56(69)65-52(53(68)47-45-43-41-39-37-14-12-10-8-6-4-2)51-75-63-61(74)59(72)62(55(50-67)77-63)78-64-60(73)58(71)57(70)54(49-66)76-64/h52-55,57-64,66-68,70-74H,3-51H2,1-2H3,(H,65,69)/t52-,53+,54+,55+,57-,58?,59?,60?,61?,62+,63+,64-/m0/s1. The van der Waals surface area contributed by atoms with Crippen molar-refractivity contribution in [1.29, 1.82) is 0 Å². The van der Waals surface area contributed by atoms with Crippen LogP contribution in [0, 0.1) is 0 Å². The van der Waals surface area contributed by atoms with E-state index in [1.54, 1.807) is 0 Å². The Morgan fingerprint density at radius 2 is 0.731 bits per heavy atom. The lowest BCUT2D eigenvalue weighted by atomic mass is 9.97. The molecule has 2 aliphatic heterocycles. The fraction of sp³-hybridized carbons (Fsp3) is 0.984. The number of aliphatic hydroxyl groups excluding tert-OH is 8. The van der Waals surface area contributed by atoms with Crippen LogP contribution in [0.1, 0.15) is 309 Å². The van der Waals surface area contributed by atoms with Gasteiger partial charge in [0, 0.05) is 6.42 Å². The molecule has 12 atom stereocenters. The maximum atomic E-state index is 13.3. The third kappa shape index (κ3) is 35.2. The Balaban J connectivity index is 1.57. The van der Waals surface area contributed by atoms with E-state index in [4.69, 9.17) is 18.9 Å². The van der Waals surface area contributed by atoms with Crippen molar-refractivity contribution in [2.45, 2.75) is 383 Å². The third-order valence-electron chi connectivity index (χ3n) is 16.8. The summed E-state index contributed by atoms with van der Waals surface area (Å²) in [4.78, 5) is 13.3. The SMILES string of the molecule is CCCCCCCCCCCCCCCCCCCCCCCCCCCCCCCCCCCC(=O)N[C@@H](CO[C@@H]1O[C@H](CO)[C@@H](O[C@@H]2O[C@H](CO)[C@H](O)C(O)C2O)C(O)C1O)[C@H](O)CCCCCCCCCCCCC. The molecule has 0 aliphatic carbocycles. The summed E-state index contributed by atoms with van der Waals surface area (Å²) in [7, 11) is 0. The van der Waals surface area contributed by atoms with Crippen LogP contribution < -0.4 is 5.32 Å². The number of nitrogens with one attached hydrogen (secondary N) is 1. The molecule has 1 amide bonds. The van der Waals surface area contributed by atoms with Gasteiger partial charge in [-0.1, -0.05) is 290 Å². The van der Waals surface area contributed by atoms with Gasteiger partial charge >= 0.3 is 0 Å². The van der Waals surface area contributed by atoms with Crippen LogP contribution in [0.2, 0.25) is 0 Å². The molecular weight excluding hydrogens is 991 g/mol. The summed E-state index contributed by atoms with van der Waals surface area (Å²) in [6, 6.07) is -0.822. The monoisotopic (exact) mass is 1120 g/mol. The summed E-state index contributed by atoms with van der Waals surface area (Å²) in [5.74, 6) is -0.200. The molecule has 2 heterocycles. The van der Waals surface area contributed by atoms with Crippen molar-refractivity contribution in [3.05, 3.63) is 0 Å². The second-order valence-corrected chi connectivity index (χ2v) is 24.0. The van der Waals surface area contributed by atoms with E-state index in [-0.39, 0.29) is 12.5 Å². The summed E-state index contributed by atoms with van der Waals surface area (Å²) in [5.41, 5.74) is 0. The Morgan fingerprint density at radius 3 is 1.09 bits per heavy atom. The molecule has 14 nitrogen and oxygen atoms in total. The molecule has 78 heavy (non-hydrogen) atoms. The van der Waals surface area contributed by atoms with Gasteiger partial charge in [-0.05, 0) is 12.8 Å². The Labute approximate surface area is 476 Å². The van der Waals surface area contributed by atoms with Crippen LogP contribution in [0.25, 0.3) is 0 Å².